The molecule has 0 saturated carbocycles. The summed E-state index contributed by atoms with van der Waals surface area (Å²) in [6, 6.07) is 10.2. The van der Waals surface area contributed by atoms with E-state index in [1.54, 1.807) is 0 Å². The Balaban J connectivity index is 1.54. The van der Waals surface area contributed by atoms with Crippen LogP contribution in [0.2, 0.25) is 0 Å². The molecule has 2 aromatic rings. The quantitative estimate of drug-likeness (QED) is 0.846. The Labute approximate surface area is 144 Å². The average Bonchev–Trinajstić information content (AvgIpc) is 3.07. The van der Waals surface area contributed by atoms with E-state index < -0.39 is 0 Å². The maximum Gasteiger partial charge on any atom is 0.119 e. The molecule has 0 spiro atoms. The maximum atomic E-state index is 5.85. The second-order valence-corrected chi connectivity index (χ2v) is 7.19. The maximum absolute atomic E-state index is 5.85. The van der Waals surface area contributed by atoms with Gasteiger partial charge in [-0.2, -0.15) is 5.10 Å². The van der Waals surface area contributed by atoms with Crippen LogP contribution in [0, 0.1) is 0 Å². The molecule has 24 heavy (non-hydrogen) atoms. The van der Waals surface area contributed by atoms with Crippen molar-refractivity contribution in [2.24, 2.45) is 0 Å². The van der Waals surface area contributed by atoms with E-state index >= 15 is 0 Å². The summed E-state index contributed by atoms with van der Waals surface area (Å²) >= 11 is 0. The number of hydrogen-bond acceptors (Lipinski definition) is 4. The van der Waals surface area contributed by atoms with Gasteiger partial charge in [-0.05, 0) is 30.3 Å². The number of hydrogen-bond donors (Lipinski definition) is 0. The predicted molar refractivity (Wildman–Crippen MR) is 95.0 cm³/mol. The third kappa shape index (κ3) is 4.36. The highest BCUT2D eigenvalue weighted by molar-refractivity contribution is 5.37. The van der Waals surface area contributed by atoms with Crippen LogP contribution in [0.1, 0.15) is 26.5 Å². The fourth-order valence-corrected chi connectivity index (χ4v) is 2.68. The van der Waals surface area contributed by atoms with E-state index in [1.807, 2.05) is 35.1 Å². The Bertz CT molecular complexity index is 637. The molecule has 0 N–H and O–H groups in total. The van der Waals surface area contributed by atoms with Crippen molar-refractivity contribution in [3.63, 3.8) is 0 Å². The van der Waals surface area contributed by atoms with Crippen LogP contribution in [0.3, 0.4) is 0 Å². The third-order valence-corrected chi connectivity index (χ3v) is 4.24. The third-order valence-electron chi connectivity index (χ3n) is 4.24. The van der Waals surface area contributed by atoms with Gasteiger partial charge in [0.1, 0.15) is 12.4 Å². The van der Waals surface area contributed by atoms with Gasteiger partial charge in [0.2, 0.25) is 0 Å². The van der Waals surface area contributed by atoms with E-state index in [-0.39, 0.29) is 5.41 Å². The lowest BCUT2D eigenvalue weighted by atomic mass is 9.93. The van der Waals surface area contributed by atoms with Gasteiger partial charge in [0.05, 0.1) is 24.6 Å². The summed E-state index contributed by atoms with van der Waals surface area (Å²) in [5.74, 6) is 0.898. The number of morpholine rings is 1. The van der Waals surface area contributed by atoms with Crippen LogP contribution < -0.4 is 4.74 Å². The smallest absolute Gasteiger partial charge is 0.119 e. The molecule has 0 atom stereocenters. The highest BCUT2D eigenvalue weighted by Gasteiger charge is 2.17. The molecule has 0 bridgehead atoms. The standard InChI is InChI=1S/C19H27N3O2/c1-19(2,3)18-8-9-22(20-18)16-4-6-17(7-5-16)24-15-12-21-10-13-23-14-11-21/h4-9H,10-15H2,1-3H3. The van der Waals surface area contributed by atoms with Crippen molar-refractivity contribution in [1.29, 1.82) is 0 Å². The zero-order valence-electron chi connectivity index (χ0n) is 14.9. The number of rotatable bonds is 5. The van der Waals surface area contributed by atoms with Gasteiger partial charge in [-0.1, -0.05) is 20.8 Å². The van der Waals surface area contributed by atoms with Gasteiger partial charge in [0.15, 0.2) is 0 Å². The van der Waals surface area contributed by atoms with Gasteiger partial charge in [0, 0.05) is 31.2 Å². The molecule has 130 valence electrons. The first kappa shape index (κ1) is 17.0. The normalized spacial score (nSPS) is 16.3. The molecule has 0 radical (unpaired) electrons. The highest BCUT2D eigenvalue weighted by Crippen LogP contribution is 2.21. The fourth-order valence-electron chi connectivity index (χ4n) is 2.68. The van der Waals surface area contributed by atoms with Gasteiger partial charge < -0.3 is 9.47 Å². The first-order chi connectivity index (χ1) is 11.5. The number of nitrogens with zero attached hydrogens (tertiary/aromatic N) is 3. The lowest BCUT2D eigenvalue weighted by molar-refractivity contribution is 0.0322. The molecule has 1 saturated heterocycles. The molecule has 1 aliphatic heterocycles. The fraction of sp³-hybridized carbons (Fsp3) is 0.526. The minimum Gasteiger partial charge on any atom is -0.492 e. The summed E-state index contributed by atoms with van der Waals surface area (Å²) in [5.41, 5.74) is 2.20. The minimum absolute atomic E-state index is 0.0633. The summed E-state index contributed by atoms with van der Waals surface area (Å²) in [7, 11) is 0. The zero-order valence-corrected chi connectivity index (χ0v) is 14.9. The van der Waals surface area contributed by atoms with Crippen LogP contribution >= 0.6 is 0 Å². The van der Waals surface area contributed by atoms with E-state index in [0.29, 0.717) is 6.61 Å². The summed E-state index contributed by atoms with van der Waals surface area (Å²) in [6.07, 6.45) is 2.01. The van der Waals surface area contributed by atoms with Crippen molar-refractivity contribution in [2.45, 2.75) is 26.2 Å². The molecular weight excluding hydrogens is 302 g/mol. The van der Waals surface area contributed by atoms with E-state index in [4.69, 9.17) is 9.47 Å². The molecule has 3 rings (SSSR count). The van der Waals surface area contributed by atoms with E-state index in [0.717, 1.165) is 50.0 Å². The molecule has 0 unspecified atom stereocenters. The Kier molecular flexibility index (Phi) is 5.21. The SMILES string of the molecule is CC(C)(C)c1ccn(-c2ccc(OCCN3CCOCC3)cc2)n1. The lowest BCUT2D eigenvalue weighted by Gasteiger charge is -2.26. The highest BCUT2D eigenvalue weighted by atomic mass is 16.5. The van der Waals surface area contributed by atoms with Crippen LogP contribution in [-0.2, 0) is 10.2 Å². The molecule has 5 nitrogen and oxygen atoms in total. The van der Waals surface area contributed by atoms with Crippen LogP contribution in [0.15, 0.2) is 36.5 Å². The number of benzene rings is 1. The van der Waals surface area contributed by atoms with Gasteiger partial charge >= 0.3 is 0 Å². The van der Waals surface area contributed by atoms with Gasteiger partial charge in [-0.25, -0.2) is 4.68 Å². The van der Waals surface area contributed by atoms with Crippen LogP contribution in [0.5, 0.6) is 5.75 Å². The van der Waals surface area contributed by atoms with Crippen molar-refractivity contribution in [1.82, 2.24) is 14.7 Å². The van der Waals surface area contributed by atoms with Crippen molar-refractivity contribution < 1.29 is 9.47 Å². The lowest BCUT2D eigenvalue weighted by Crippen LogP contribution is -2.38. The Hall–Kier alpha value is -1.85. The number of ether oxygens (including phenoxy) is 2. The monoisotopic (exact) mass is 329 g/mol. The summed E-state index contributed by atoms with van der Waals surface area (Å²) in [5, 5.41) is 4.66. The first-order valence-corrected chi connectivity index (χ1v) is 8.62. The second-order valence-electron chi connectivity index (χ2n) is 7.19. The van der Waals surface area contributed by atoms with Gasteiger partial charge in [0.25, 0.3) is 0 Å². The topological polar surface area (TPSA) is 39.5 Å². The summed E-state index contributed by atoms with van der Waals surface area (Å²) in [4.78, 5) is 2.37. The molecule has 1 aromatic carbocycles. The average molecular weight is 329 g/mol. The Morgan fingerprint density at radius 2 is 1.79 bits per heavy atom. The molecule has 1 fully saturated rings. The predicted octanol–water partition coefficient (Wildman–Crippen LogP) is 2.88. The molecule has 1 aliphatic rings. The zero-order chi connectivity index (χ0) is 17.0. The van der Waals surface area contributed by atoms with Crippen molar-refractivity contribution in [3.8, 4) is 11.4 Å². The van der Waals surface area contributed by atoms with Crippen molar-refractivity contribution >= 4 is 0 Å². The summed E-state index contributed by atoms with van der Waals surface area (Å²) < 4.78 is 13.1. The van der Waals surface area contributed by atoms with Crippen molar-refractivity contribution in [2.75, 3.05) is 39.5 Å². The Morgan fingerprint density at radius 3 is 2.42 bits per heavy atom. The first-order valence-electron chi connectivity index (χ1n) is 8.62. The van der Waals surface area contributed by atoms with Crippen LogP contribution in [0.4, 0.5) is 0 Å². The summed E-state index contributed by atoms with van der Waals surface area (Å²) in [6.45, 7) is 11.8. The van der Waals surface area contributed by atoms with E-state index in [2.05, 4.69) is 36.8 Å². The van der Waals surface area contributed by atoms with Crippen LogP contribution in [-0.4, -0.2) is 54.1 Å². The number of aromatic nitrogens is 2. The molecule has 0 amide bonds. The molecule has 5 heteroatoms. The van der Waals surface area contributed by atoms with Crippen molar-refractivity contribution in [3.05, 3.63) is 42.2 Å². The Morgan fingerprint density at radius 1 is 1.08 bits per heavy atom. The van der Waals surface area contributed by atoms with E-state index in [1.165, 1.54) is 0 Å². The largest absolute Gasteiger partial charge is 0.492 e. The van der Waals surface area contributed by atoms with E-state index in [9.17, 15) is 0 Å². The molecule has 2 heterocycles. The second kappa shape index (κ2) is 7.36. The molecule has 0 aliphatic carbocycles. The molecule has 1 aromatic heterocycles. The molecular formula is C19H27N3O2. The van der Waals surface area contributed by atoms with Gasteiger partial charge in [-0.15, -0.1) is 0 Å². The van der Waals surface area contributed by atoms with Gasteiger partial charge in [-0.3, -0.25) is 4.90 Å². The minimum atomic E-state index is 0.0633. The van der Waals surface area contributed by atoms with Crippen LogP contribution in [0.25, 0.3) is 5.69 Å².